The fourth-order valence-corrected chi connectivity index (χ4v) is 3.03. The van der Waals surface area contributed by atoms with Gasteiger partial charge in [0, 0.05) is 27.4 Å². The van der Waals surface area contributed by atoms with E-state index in [0.717, 1.165) is 18.2 Å². The van der Waals surface area contributed by atoms with Gasteiger partial charge in [-0.15, -0.1) is 0 Å². The van der Waals surface area contributed by atoms with Crippen molar-refractivity contribution in [2.45, 2.75) is 12.5 Å². The van der Waals surface area contributed by atoms with E-state index in [9.17, 15) is 0 Å². The van der Waals surface area contributed by atoms with E-state index in [2.05, 4.69) is 12.6 Å². The SMILES string of the molecule is CO[Si](CCCS)(OC)OC.[H+]. The molecule has 0 rings (SSSR count). The zero-order valence-corrected chi connectivity index (χ0v) is 9.19. The number of thiol groups is 1. The van der Waals surface area contributed by atoms with Crippen molar-refractivity contribution in [3.8, 4) is 0 Å². The smallest absolute Gasteiger partial charge is 0.377 e. The first kappa shape index (κ1) is 11.4. The van der Waals surface area contributed by atoms with Crippen LogP contribution in [0.5, 0.6) is 0 Å². The van der Waals surface area contributed by atoms with E-state index in [4.69, 9.17) is 13.3 Å². The zero-order valence-electron chi connectivity index (χ0n) is 8.29. The molecule has 0 radical (unpaired) electrons. The van der Waals surface area contributed by atoms with Crippen molar-refractivity contribution in [3.63, 3.8) is 0 Å². The topological polar surface area (TPSA) is 27.7 Å². The molecular weight excluding hydrogens is 180 g/mol. The lowest BCUT2D eigenvalue weighted by Crippen LogP contribution is -2.42. The Bertz CT molecular complexity index is 94.5. The molecule has 0 N–H and O–H groups in total. The average molecular weight is 197 g/mol. The Labute approximate surface area is 76.3 Å². The summed E-state index contributed by atoms with van der Waals surface area (Å²) in [4.78, 5) is 0. The third-order valence-corrected chi connectivity index (χ3v) is 4.72. The second kappa shape index (κ2) is 6.02. The van der Waals surface area contributed by atoms with E-state index >= 15 is 0 Å². The predicted octanol–water partition coefficient (Wildman–Crippen LogP) is 1.30. The maximum atomic E-state index is 5.20. The van der Waals surface area contributed by atoms with Crippen LogP contribution in [0.1, 0.15) is 7.85 Å². The Balaban J connectivity index is 0. The molecule has 0 bridgehead atoms. The summed E-state index contributed by atoms with van der Waals surface area (Å²) in [5.74, 6) is 0.838. The summed E-state index contributed by atoms with van der Waals surface area (Å²) in [6.45, 7) is 0. The summed E-state index contributed by atoms with van der Waals surface area (Å²) in [7, 11) is 2.58. The van der Waals surface area contributed by atoms with Gasteiger partial charge < -0.3 is 13.3 Å². The Hall–Kier alpha value is 0.447. The lowest BCUT2D eigenvalue weighted by molar-refractivity contribution is 0.123. The van der Waals surface area contributed by atoms with Crippen molar-refractivity contribution in [1.82, 2.24) is 0 Å². The molecule has 0 spiro atoms. The maximum Gasteiger partial charge on any atom is 1.00 e. The van der Waals surface area contributed by atoms with E-state index < -0.39 is 8.80 Å². The molecule has 0 aromatic rings. The maximum absolute atomic E-state index is 5.20. The van der Waals surface area contributed by atoms with Crippen LogP contribution in [0.2, 0.25) is 6.04 Å². The molecule has 0 aliphatic carbocycles. The van der Waals surface area contributed by atoms with Crippen LogP contribution in [0, 0.1) is 0 Å². The van der Waals surface area contributed by atoms with E-state index in [1.165, 1.54) is 0 Å². The molecule has 0 aliphatic heterocycles. The molecule has 11 heavy (non-hydrogen) atoms. The van der Waals surface area contributed by atoms with E-state index in [1.807, 2.05) is 0 Å². The van der Waals surface area contributed by atoms with Crippen molar-refractivity contribution in [2.75, 3.05) is 27.1 Å². The molecule has 0 unspecified atom stereocenters. The monoisotopic (exact) mass is 197 g/mol. The van der Waals surface area contributed by atoms with Gasteiger partial charge in [0.1, 0.15) is 0 Å². The molecule has 0 saturated heterocycles. The largest absolute Gasteiger partial charge is 1.00 e. The fraction of sp³-hybridized carbons (Fsp3) is 1.00. The van der Waals surface area contributed by atoms with Gasteiger partial charge in [-0.2, -0.15) is 12.6 Å². The van der Waals surface area contributed by atoms with Crippen LogP contribution >= 0.6 is 12.6 Å². The highest BCUT2D eigenvalue weighted by Crippen LogP contribution is 2.14. The van der Waals surface area contributed by atoms with Gasteiger partial charge in [0.2, 0.25) is 0 Å². The first-order valence-electron chi connectivity index (χ1n) is 3.51. The summed E-state index contributed by atoms with van der Waals surface area (Å²) >= 11 is 4.10. The van der Waals surface area contributed by atoms with Crippen molar-refractivity contribution in [3.05, 3.63) is 0 Å². The van der Waals surface area contributed by atoms with Crippen molar-refractivity contribution in [1.29, 1.82) is 0 Å². The molecule has 0 aromatic carbocycles. The first-order chi connectivity index (χ1) is 5.24. The molecule has 68 valence electrons. The van der Waals surface area contributed by atoms with E-state index in [1.54, 1.807) is 21.3 Å². The number of rotatable bonds is 6. The summed E-state index contributed by atoms with van der Waals surface area (Å²) < 4.78 is 15.6. The lowest BCUT2D eigenvalue weighted by atomic mass is 10.6. The van der Waals surface area contributed by atoms with Crippen molar-refractivity contribution < 1.29 is 14.7 Å². The minimum absolute atomic E-state index is 0. The quantitative estimate of drug-likeness (QED) is 0.514. The molecule has 0 fully saturated rings. The van der Waals surface area contributed by atoms with Gasteiger partial charge in [0.25, 0.3) is 0 Å². The van der Waals surface area contributed by atoms with E-state index in [-0.39, 0.29) is 1.43 Å². The van der Waals surface area contributed by atoms with Gasteiger partial charge >= 0.3 is 10.2 Å². The second-order valence-corrected chi connectivity index (χ2v) is 5.66. The lowest BCUT2D eigenvalue weighted by Gasteiger charge is -2.23. The molecule has 3 nitrogen and oxygen atoms in total. The molecule has 0 saturated carbocycles. The van der Waals surface area contributed by atoms with Gasteiger partial charge in [-0.25, -0.2) is 0 Å². The summed E-state index contributed by atoms with van der Waals surface area (Å²) in [6.07, 6.45) is 0.963. The predicted molar refractivity (Wildman–Crippen MR) is 51.2 cm³/mol. The van der Waals surface area contributed by atoms with Crippen LogP contribution < -0.4 is 0 Å². The van der Waals surface area contributed by atoms with Gasteiger partial charge in [-0.1, -0.05) is 0 Å². The Morgan fingerprint density at radius 2 is 1.64 bits per heavy atom. The van der Waals surface area contributed by atoms with E-state index in [0.29, 0.717) is 0 Å². The molecule has 5 heteroatoms. The molecule has 0 aromatic heterocycles. The minimum Gasteiger partial charge on any atom is -0.377 e. The number of hydrogen-bond donors (Lipinski definition) is 1. The third-order valence-electron chi connectivity index (χ3n) is 1.57. The molecular formula is C6H17O3SSi+. The Morgan fingerprint density at radius 3 is 1.91 bits per heavy atom. The van der Waals surface area contributed by atoms with Crippen LogP contribution in [0.3, 0.4) is 0 Å². The molecule has 0 aliphatic rings. The highest BCUT2D eigenvalue weighted by molar-refractivity contribution is 7.80. The minimum atomic E-state index is -2.29. The molecule has 0 atom stereocenters. The second-order valence-electron chi connectivity index (χ2n) is 2.12. The highest BCUT2D eigenvalue weighted by atomic mass is 32.1. The fourth-order valence-electron chi connectivity index (χ4n) is 0.852. The number of hydrogen-bond acceptors (Lipinski definition) is 4. The zero-order chi connectivity index (χ0) is 8.74. The van der Waals surface area contributed by atoms with Crippen molar-refractivity contribution in [2.24, 2.45) is 0 Å². The average Bonchev–Trinajstić information content (AvgIpc) is 2.08. The van der Waals surface area contributed by atoms with Crippen LogP contribution in [-0.4, -0.2) is 35.9 Å². The molecule has 0 amide bonds. The summed E-state index contributed by atoms with van der Waals surface area (Å²) in [5, 5.41) is 0. The molecule has 0 heterocycles. The van der Waals surface area contributed by atoms with Crippen LogP contribution in [0.25, 0.3) is 0 Å². The third kappa shape index (κ3) is 3.57. The van der Waals surface area contributed by atoms with Crippen molar-refractivity contribution >= 4 is 21.4 Å². The van der Waals surface area contributed by atoms with Gasteiger partial charge in [-0.3, -0.25) is 0 Å². The standard InChI is InChI=1S/C6H16O3SSi/c1-7-11(8-2,9-3)6-4-5-10/h10H,4-6H2,1-3H3/p+1. The van der Waals surface area contributed by atoms with Gasteiger partial charge in [0.15, 0.2) is 0 Å². The van der Waals surface area contributed by atoms with Gasteiger partial charge in [-0.05, 0) is 12.2 Å². The van der Waals surface area contributed by atoms with Gasteiger partial charge in [0.05, 0.1) is 0 Å². The van der Waals surface area contributed by atoms with Crippen LogP contribution in [-0.2, 0) is 13.3 Å². The summed E-state index contributed by atoms with van der Waals surface area (Å²) in [6, 6.07) is 0.833. The van der Waals surface area contributed by atoms with Crippen LogP contribution in [0.4, 0.5) is 0 Å². The Morgan fingerprint density at radius 1 is 1.18 bits per heavy atom. The van der Waals surface area contributed by atoms with Crippen LogP contribution in [0.15, 0.2) is 0 Å². The first-order valence-corrected chi connectivity index (χ1v) is 6.07. The Kier molecular flexibility index (Phi) is 6.26. The normalized spacial score (nSPS) is 12.0. The summed E-state index contributed by atoms with van der Waals surface area (Å²) in [5.41, 5.74) is 0. The highest BCUT2D eigenvalue weighted by Gasteiger charge is 2.36.